The first-order valence-electron chi connectivity index (χ1n) is 5.86. The van der Waals surface area contributed by atoms with Crippen molar-refractivity contribution in [3.05, 3.63) is 34.9 Å². The van der Waals surface area contributed by atoms with Crippen molar-refractivity contribution < 1.29 is 4.79 Å². The van der Waals surface area contributed by atoms with E-state index in [-0.39, 0.29) is 0 Å². The molecule has 0 amide bonds. The molecular formula is C14H18O. The van der Waals surface area contributed by atoms with E-state index in [4.69, 9.17) is 0 Å². The number of benzene rings is 1. The Morgan fingerprint density at radius 2 is 2.07 bits per heavy atom. The summed E-state index contributed by atoms with van der Waals surface area (Å²) in [6, 6.07) is 6.83. The number of rotatable bonds is 4. The molecule has 0 atom stereocenters. The Kier molecular flexibility index (Phi) is 3.20. The lowest BCUT2D eigenvalue weighted by Crippen LogP contribution is -1.93. The topological polar surface area (TPSA) is 17.1 Å². The lowest BCUT2D eigenvalue weighted by Gasteiger charge is -2.04. The number of carbonyl (C=O) groups excluding carboxylic acids is 1. The molecule has 0 aromatic heterocycles. The van der Waals surface area contributed by atoms with Gasteiger partial charge in [-0.2, -0.15) is 0 Å². The zero-order valence-electron chi connectivity index (χ0n) is 9.38. The van der Waals surface area contributed by atoms with Gasteiger partial charge in [-0.1, -0.05) is 18.2 Å². The first kappa shape index (κ1) is 10.4. The summed E-state index contributed by atoms with van der Waals surface area (Å²) in [6.07, 6.45) is 6.57. The first-order valence-corrected chi connectivity index (χ1v) is 5.86. The van der Waals surface area contributed by atoms with Crippen LogP contribution < -0.4 is 0 Å². The molecule has 0 aliphatic heterocycles. The molecule has 15 heavy (non-hydrogen) atoms. The third kappa shape index (κ3) is 2.68. The van der Waals surface area contributed by atoms with Gasteiger partial charge in [0.1, 0.15) is 5.78 Å². The van der Waals surface area contributed by atoms with Crippen molar-refractivity contribution >= 4 is 5.78 Å². The zero-order chi connectivity index (χ0) is 10.7. The summed E-state index contributed by atoms with van der Waals surface area (Å²) in [6.45, 7) is 1.67. The van der Waals surface area contributed by atoms with E-state index in [1.807, 2.05) is 0 Å². The molecule has 0 saturated carbocycles. The van der Waals surface area contributed by atoms with Crippen LogP contribution >= 0.6 is 0 Å². The van der Waals surface area contributed by atoms with E-state index in [0.29, 0.717) is 5.78 Å². The van der Waals surface area contributed by atoms with Gasteiger partial charge in [-0.3, -0.25) is 0 Å². The van der Waals surface area contributed by atoms with E-state index in [1.54, 1.807) is 6.92 Å². The van der Waals surface area contributed by atoms with Gasteiger partial charge in [-0.15, -0.1) is 0 Å². The highest BCUT2D eigenvalue weighted by Crippen LogP contribution is 2.23. The Morgan fingerprint density at radius 3 is 2.87 bits per heavy atom. The third-order valence-corrected chi connectivity index (χ3v) is 3.16. The fourth-order valence-corrected chi connectivity index (χ4v) is 2.32. The van der Waals surface area contributed by atoms with Crippen LogP contribution in [0.15, 0.2) is 18.2 Å². The van der Waals surface area contributed by atoms with Crippen molar-refractivity contribution in [1.29, 1.82) is 0 Å². The second-order valence-electron chi connectivity index (χ2n) is 4.51. The van der Waals surface area contributed by atoms with E-state index < -0.39 is 0 Å². The molecule has 80 valence electrons. The minimum absolute atomic E-state index is 0.302. The maximum absolute atomic E-state index is 10.8. The van der Waals surface area contributed by atoms with Gasteiger partial charge in [0.2, 0.25) is 0 Å². The molecular weight excluding hydrogens is 184 g/mol. The number of carbonyl (C=O) groups is 1. The van der Waals surface area contributed by atoms with Crippen LogP contribution in [0.4, 0.5) is 0 Å². The van der Waals surface area contributed by atoms with Crippen LogP contribution in [0.2, 0.25) is 0 Å². The van der Waals surface area contributed by atoms with Gasteiger partial charge in [-0.05, 0) is 55.7 Å². The van der Waals surface area contributed by atoms with E-state index in [0.717, 1.165) is 19.3 Å². The van der Waals surface area contributed by atoms with Gasteiger partial charge in [0, 0.05) is 6.42 Å². The molecule has 0 saturated heterocycles. The predicted molar refractivity (Wildman–Crippen MR) is 62.1 cm³/mol. The number of hydrogen-bond donors (Lipinski definition) is 0. The highest BCUT2D eigenvalue weighted by molar-refractivity contribution is 5.75. The summed E-state index contributed by atoms with van der Waals surface area (Å²) in [7, 11) is 0. The maximum Gasteiger partial charge on any atom is 0.129 e. The molecule has 0 N–H and O–H groups in total. The highest BCUT2D eigenvalue weighted by Gasteiger charge is 2.10. The Labute approximate surface area is 91.5 Å². The molecule has 0 heterocycles. The minimum Gasteiger partial charge on any atom is -0.300 e. The molecule has 1 aromatic rings. The molecule has 2 rings (SSSR count). The second kappa shape index (κ2) is 4.61. The monoisotopic (exact) mass is 202 g/mol. The largest absolute Gasteiger partial charge is 0.300 e. The van der Waals surface area contributed by atoms with Crippen molar-refractivity contribution in [2.75, 3.05) is 0 Å². The second-order valence-corrected chi connectivity index (χ2v) is 4.51. The summed E-state index contributed by atoms with van der Waals surface area (Å²) in [4.78, 5) is 10.8. The zero-order valence-corrected chi connectivity index (χ0v) is 9.38. The van der Waals surface area contributed by atoms with Crippen molar-refractivity contribution in [2.45, 2.75) is 45.4 Å². The molecule has 1 heteroatoms. The quantitative estimate of drug-likeness (QED) is 0.733. The average molecular weight is 202 g/mol. The van der Waals surface area contributed by atoms with E-state index in [2.05, 4.69) is 18.2 Å². The highest BCUT2D eigenvalue weighted by atomic mass is 16.1. The van der Waals surface area contributed by atoms with Gasteiger partial charge in [0.25, 0.3) is 0 Å². The Hall–Kier alpha value is -1.11. The van der Waals surface area contributed by atoms with Gasteiger partial charge in [-0.25, -0.2) is 0 Å². The number of hydrogen-bond acceptors (Lipinski definition) is 1. The maximum atomic E-state index is 10.8. The van der Waals surface area contributed by atoms with Crippen molar-refractivity contribution in [3.8, 4) is 0 Å². The third-order valence-electron chi connectivity index (χ3n) is 3.16. The van der Waals surface area contributed by atoms with Crippen LogP contribution in [0.1, 0.15) is 42.9 Å². The van der Waals surface area contributed by atoms with Gasteiger partial charge in [0.15, 0.2) is 0 Å². The SMILES string of the molecule is CC(=O)CCCc1ccc2c(c1)CCC2. The van der Waals surface area contributed by atoms with Crippen LogP contribution in [0, 0.1) is 0 Å². The van der Waals surface area contributed by atoms with Crippen molar-refractivity contribution in [3.63, 3.8) is 0 Å². The van der Waals surface area contributed by atoms with Crippen LogP contribution in [0.3, 0.4) is 0 Å². The summed E-state index contributed by atoms with van der Waals surface area (Å²) >= 11 is 0. The summed E-state index contributed by atoms with van der Waals surface area (Å²) < 4.78 is 0. The van der Waals surface area contributed by atoms with Crippen LogP contribution in [0.25, 0.3) is 0 Å². The smallest absolute Gasteiger partial charge is 0.129 e. The predicted octanol–water partition coefficient (Wildman–Crippen LogP) is 3.09. The molecule has 1 aliphatic carbocycles. The van der Waals surface area contributed by atoms with Gasteiger partial charge in [0.05, 0.1) is 0 Å². The van der Waals surface area contributed by atoms with Crippen LogP contribution in [-0.2, 0) is 24.1 Å². The van der Waals surface area contributed by atoms with Crippen molar-refractivity contribution in [2.24, 2.45) is 0 Å². The molecule has 1 aromatic carbocycles. The van der Waals surface area contributed by atoms with Crippen LogP contribution in [0.5, 0.6) is 0 Å². The van der Waals surface area contributed by atoms with Gasteiger partial charge >= 0.3 is 0 Å². The average Bonchev–Trinajstić information content (AvgIpc) is 2.64. The molecule has 1 aliphatic rings. The fourth-order valence-electron chi connectivity index (χ4n) is 2.32. The van der Waals surface area contributed by atoms with E-state index in [9.17, 15) is 4.79 Å². The Bertz CT molecular complexity index is 366. The lowest BCUT2D eigenvalue weighted by atomic mass is 10.0. The standard InChI is InChI=1S/C14H18O/c1-11(15)4-2-5-12-8-9-13-6-3-7-14(13)10-12/h8-10H,2-7H2,1H3. The number of fused-ring (bicyclic) bond motifs is 1. The molecule has 0 unspecified atom stereocenters. The molecule has 0 bridgehead atoms. The summed E-state index contributed by atoms with van der Waals surface area (Å²) in [5, 5.41) is 0. The number of aryl methyl sites for hydroxylation is 3. The molecule has 0 fully saturated rings. The number of ketones is 1. The van der Waals surface area contributed by atoms with E-state index >= 15 is 0 Å². The molecule has 0 spiro atoms. The fraction of sp³-hybridized carbons (Fsp3) is 0.500. The van der Waals surface area contributed by atoms with E-state index in [1.165, 1.54) is 36.0 Å². The van der Waals surface area contributed by atoms with Crippen molar-refractivity contribution in [1.82, 2.24) is 0 Å². The Morgan fingerprint density at radius 1 is 1.27 bits per heavy atom. The van der Waals surface area contributed by atoms with Gasteiger partial charge < -0.3 is 4.79 Å². The Balaban J connectivity index is 1.95. The first-order chi connectivity index (χ1) is 7.25. The number of Topliss-reactive ketones (excluding diaryl/α,β-unsaturated/α-hetero) is 1. The van der Waals surface area contributed by atoms with Crippen LogP contribution in [-0.4, -0.2) is 5.78 Å². The summed E-state index contributed by atoms with van der Waals surface area (Å²) in [5.74, 6) is 0.302. The lowest BCUT2D eigenvalue weighted by molar-refractivity contribution is -0.117. The minimum atomic E-state index is 0.302. The summed E-state index contributed by atoms with van der Waals surface area (Å²) in [5.41, 5.74) is 4.47. The molecule has 0 radical (unpaired) electrons. The molecule has 1 nitrogen and oxygen atoms in total. The normalized spacial score (nSPS) is 13.9.